The first-order chi connectivity index (χ1) is 7.10. The van der Waals surface area contributed by atoms with E-state index in [2.05, 4.69) is 4.98 Å². The number of alkyl halides is 2. The minimum absolute atomic E-state index is 0.104. The monoisotopic (exact) mass is 227 g/mol. The van der Waals surface area contributed by atoms with Crippen LogP contribution in [0.4, 0.5) is 8.78 Å². The quantitative estimate of drug-likeness (QED) is 0.780. The third-order valence-electron chi connectivity index (χ3n) is 1.63. The molecule has 0 N–H and O–H groups in total. The van der Waals surface area contributed by atoms with Crippen molar-refractivity contribution in [3.8, 4) is 12.1 Å². The van der Waals surface area contributed by atoms with E-state index < -0.39 is 12.1 Å². The fraction of sp³-hybridized carbons (Fsp3) is 0.222. The second-order valence-electron chi connectivity index (χ2n) is 2.60. The summed E-state index contributed by atoms with van der Waals surface area (Å²) in [5, 5.41) is 16.9. The zero-order valence-corrected chi connectivity index (χ0v) is 8.09. The van der Waals surface area contributed by atoms with Gasteiger partial charge in [0, 0.05) is 0 Å². The highest BCUT2D eigenvalue weighted by atomic mass is 35.5. The van der Waals surface area contributed by atoms with Crippen molar-refractivity contribution in [1.29, 1.82) is 10.5 Å². The van der Waals surface area contributed by atoms with Crippen LogP contribution in [0.5, 0.6) is 0 Å². The maximum atomic E-state index is 12.5. The number of halogens is 3. The van der Waals surface area contributed by atoms with Gasteiger partial charge in [-0.15, -0.1) is 0 Å². The van der Waals surface area contributed by atoms with E-state index in [9.17, 15) is 8.78 Å². The largest absolute Gasteiger partial charge is 0.281 e. The molecule has 0 aliphatic rings. The summed E-state index contributed by atoms with van der Waals surface area (Å²) in [6.45, 7) is 0. The number of nitrogens with zero attached hydrogens (tertiary/aromatic N) is 3. The van der Waals surface area contributed by atoms with Crippen LogP contribution in [-0.2, 0) is 6.42 Å². The van der Waals surface area contributed by atoms with Gasteiger partial charge in [-0.05, 0) is 6.07 Å². The van der Waals surface area contributed by atoms with Crippen LogP contribution in [0, 0.1) is 22.7 Å². The topological polar surface area (TPSA) is 60.5 Å². The zero-order valence-electron chi connectivity index (χ0n) is 7.34. The molecule has 1 aromatic rings. The Kier molecular flexibility index (Phi) is 3.54. The number of hydrogen-bond acceptors (Lipinski definition) is 3. The van der Waals surface area contributed by atoms with E-state index in [1.165, 1.54) is 6.07 Å². The maximum Gasteiger partial charge on any atom is 0.281 e. The lowest BCUT2D eigenvalue weighted by atomic mass is 10.1. The average molecular weight is 228 g/mol. The molecular weight excluding hydrogens is 224 g/mol. The highest BCUT2D eigenvalue weighted by Gasteiger charge is 2.18. The fourth-order valence-corrected chi connectivity index (χ4v) is 1.29. The Morgan fingerprint density at radius 1 is 1.47 bits per heavy atom. The molecule has 0 saturated heterocycles. The SMILES string of the molecule is N#CCc1cc(Cl)c(C#N)c(C(F)F)n1. The molecule has 0 radical (unpaired) electrons. The molecule has 0 fully saturated rings. The van der Waals surface area contributed by atoms with Gasteiger partial charge in [0.05, 0.1) is 28.8 Å². The third-order valence-corrected chi connectivity index (χ3v) is 1.93. The first-order valence-corrected chi connectivity index (χ1v) is 4.22. The van der Waals surface area contributed by atoms with E-state index in [-0.39, 0.29) is 22.7 Å². The number of hydrogen-bond donors (Lipinski definition) is 0. The van der Waals surface area contributed by atoms with Crippen molar-refractivity contribution < 1.29 is 8.78 Å². The third kappa shape index (κ3) is 2.39. The smallest absolute Gasteiger partial charge is 0.249 e. The van der Waals surface area contributed by atoms with Crippen LogP contribution in [-0.4, -0.2) is 4.98 Å². The second-order valence-corrected chi connectivity index (χ2v) is 3.01. The van der Waals surface area contributed by atoms with E-state index in [1.807, 2.05) is 0 Å². The van der Waals surface area contributed by atoms with Crippen LogP contribution in [0.2, 0.25) is 5.02 Å². The van der Waals surface area contributed by atoms with Gasteiger partial charge >= 0.3 is 0 Å². The number of rotatable bonds is 2. The molecule has 0 amide bonds. The molecule has 0 bridgehead atoms. The second kappa shape index (κ2) is 4.68. The summed E-state index contributed by atoms with van der Waals surface area (Å²) in [6, 6.07) is 4.57. The molecule has 0 unspecified atom stereocenters. The zero-order chi connectivity index (χ0) is 11.4. The summed E-state index contributed by atoms with van der Waals surface area (Å²) in [4.78, 5) is 3.51. The fourth-order valence-electron chi connectivity index (χ4n) is 1.02. The first-order valence-electron chi connectivity index (χ1n) is 3.84. The Morgan fingerprint density at radius 3 is 2.60 bits per heavy atom. The predicted molar refractivity (Wildman–Crippen MR) is 48.2 cm³/mol. The summed E-state index contributed by atoms with van der Waals surface area (Å²) < 4.78 is 24.9. The molecule has 1 heterocycles. The molecule has 76 valence electrons. The lowest BCUT2D eigenvalue weighted by Gasteiger charge is -2.05. The molecule has 15 heavy (non-hydrogen) atoms. The van der Waals surface area contributed by atoms with Crippen molar-refractivity contribution >= 4 is 11.6 Å². The molecule has 1 rings (SSSR count). The molecule has 0 aliphatic heterocycles. The Labute approximate surface area is 89.5 Å². The van der Waals surface area contributed by atoms with Gasteiger partial charge < -0.3 is 0 Å². The van der Waals surface area contributed by atoms with Crippen molar-refractivity contribution in [2.75, 3.05) is 0 Å². The molecule has 1 aromatic heterocycles. The average Bonchev–Trinajstić information content (AvgIpc) is 2.17. The van der Waals surface area contributed by atoms with Gasteiger partial charge in [-0.25, -0.2) is 13.8 Å². The van der Waals surface area contributed by atoms with E-state index in [0.717, 1.165) is 0 Å². The van der Waals surface area contributed by atoms with Gasteiger partial charge in [-0.1, -0.05) is 11.6 Å². The normalized spacial score (nSPS) is 9.73. The van der Waals surface area contributed by atoms with E-state index in [4.69, 9.17) is 22.1 Å². The minimum atomic E-state index is -2.88. The molecule has 0 spiro atoms. The Hall–Kier alpha value is -1.72. The van der Waals surface area contributed by atoms with Crippen molar-refractivity contribution in [3.63, 3.8) is 0 Å². The number of nitriles is 2. The summed E-state index contributed by atoms with van der Waals surface area (Å²) in [6.07, 6.45) is -3.00. The summed E-state index contributed by atoms with van der Waals surface area (Å²) in [5.74, 6) is 0. The molecule has 0 saturated carbocycles. The van der Waals surface area contributed by atoms with Crippen LogP contribution in [0.25, 0.3) is 0 Å². The molecule has 3 nitrogen and oxygen atoms in total. The maximum absolute atomic E-state index is 12.5. The van der Waals surface area contributed by atoms with E-state index >= 15 is 0 Å². The van der Waals surface area contributed by atoms with Crippen LogP contribution in [0.1, 0.15) is 23.4 Å². The Morgan fingerprint density at radius 2 is 2.13 bits per heavy atom. The van der Waals surface area contributed by atoms with E-state index in [0.29, 0.717) is 0 Å². The number of aromatic nitrogens is 1. The van der Waals surface area contributed by atoms with Crippen LogP contribution in [0.3, 0.4) is 0 Å². The van der Waals surface area contributed by atoms with Crippen molar-refractivity contribution in [3.05, 3.63) is 28.0 Å². The van der Waals surface area contributed by atoms with Gasteiger partial charge in [0.15, 0.2) is 0 Å². The molecule has 0 atom stereocenters. The Bertz CT molecular complexity index is 460. The van der Waals surface area contributed by atoms with Crippen molar-refractivity contribution in [2.24, 2.45) is 0 Å². The standard InChI is InChI=1S/C9H4ClF2N3/c10-7-3-5(1-2-13)15-8(9(11)12)6(7)4-14/h3,9H,1H2. The molecule has 6 heteroatoms. The van der Waals surface area contributed by atoms with Gasteiger partial charge in [0.25, 0.3) is 6.43 Å². The lowest BCUT2D eigenvalue weighted by Crippen LogP contribution is -2.00. The van der Waals surface area contributed by atoms with Gasteiger partial charge in [0.1, 0.15) is 11.8 Å². The van der Waals surface area contributed by atoms with Crippen LogP contribution in [0.15, 0.2) is 6.07 Å². The molecular formula is C9H4ClF2N3. The highest BCUT2D eigenvalue weighted by Crippen LogP contribution is 2.26. The highest BCUT2D eigenvalue weighted by molar-refractivity contribution is 6.31. The Balaban J connectivity index is 3.35. The van der Waals surface area contributed by atoms with Gasteiger partial charge in [0.2, 0.25) is 0 Å². The van der Waals surface area contributed by atoms with E-state index in [1.54, 1.807) is 12.1 Å². The van der Waals surface area contributed by atoms with Crippen LogP contribution >= 0.6 is 11.6 Å². The molecule has 0 aromatic carbocycles. The lowest BCUT2D eigenvalue weighted by molar-refractivity contribution is 0.145. The van der Waals surface area contributed by atoms with Gasteiger partial charge in [-0.2, -0.15) is 10.5 Å². The number of pyridine rings is 1. The summed E-state index contributed by atoms with van der Waals surface area (Å²) in [7, 11) is 0. The minimum Gasteiger partial charge on any atom is -0.249 e. The van der Waals surface area contributed by atoms with Gasteiger partial charge in [-0.3, -0.25) is 0 Å². The van der Waals surface area contributed by atoms with Crippen LogP contribution < -0.4 is 0 Å². The summed E-state index contributed by atoms with van der Waals surface area (Å²) in [5.41, 5.74) is -0.875. The van der Waals surface area contributed by atoms with Crippen molar-refractivity contribution in [2.45, 2.75) is 12.8 Å². The first kappa shape index (κ1) is 11.4. The van der Waals surface area contributed by atoms with Crippen molar-refractivity contribution in [1.82, 2.24) is 4.98 Å². The molecule has 0 aliphatic carbocycles. The predicted octanol–water partition coefficient (Wildman–Crippen LogP) is 2.61. The summed E-state index contributed by atoms with van der Waals surface area (Å²) >= 11 is 5.61.